The normalized spacial score (nSPS) is 10.3. The summed E-state index contributed by atoms with van der Waals surface area (Å²) in [5, 5.41) is 24.9. The number of anilines is 1. The highest BCUT2D eigenvalue weighted by Crippen LogP contribution is 2.21. The average Bonchev–Trinajstić information content (AvgIpc) is 2.53. The van der Waals surface area contributed by atoms with Crippen molar-refractivity contribution in [2.75, 3.05) is 5.32 Å². The van der Waals surface area contributed by atoms with Crippen LogP contribution in [0.15, 0.2) is 36.4 Å². The number of aryl methyl sites for hydroxylation is 1. The monoisotopic (exact) mass is 333 g/mol. The largest absolute Gasteiger partial charge is 0.392 e. The molecule has 0 unspecified atom stereocenters. The summed E-state index contributed by atoms with van der Waals surface area (Å²) in [5.74, 6) is -0.507. The Morgan fingerprint density at radius 2 is 2.04 bits per heavy atom. The van der Waals surface area contributed by atoms with E-state index in [1.165, 1.54) is 36.4 Å². The zero-order valence-corrected chi connectivity index (χ0v) is 12.9. The van der Waals surface area contributed by atoms with E-state index in [0.717, 1.165) is 0 Å². The Bertz CT molecular complexity index is 780. The van der Waals surface area contributed by atoms with Crippen LogP contribution in [0.5, 0.6) is 0 Å². The van der Waals surface area contributed by atoms with E-state index >= 15 is 0 Å². The van der Waals surface area contributed by atoms with Gasteiger partial charge >= 0.3 is 6.03 Å². The lowest BCUT2D eigenvalue weighted by Gasteiger charge is -2.09. The molecule has 2 amide bonds. The molecule has 0 saturated carbocycles. The SMILES string of the molecule is Cc1cc(NC(=O)NCc2ccc(F)c(CO)c2)ccc1[N+](=O)[O-]. The summed E-state index contributed by atoms with van der Waals surface area (Å²) in [6.45, 7) is 1.30. The zero-order chi connectivity index (χ0) is 17.7. The first-order chi connectivity index (χ1) is 11.4. The van der Waals surface area contributed by atoms with Crippen molar-refractivity contribution >= 4 is 17.4 Å². The molecule has 0 aliphatic carbocycles. The molecule has 2 rings (SSSR count). The average molecular weight is 333 g/mol. The van der Waals surface area contributed by atoms with Gasteiger partial charge in [-0.3, -0.25) is 10.1 Å². The van der Waals surface area contributed by atoms with Crippen molar-refractivity contribution in [2.24, 2.45) is 0 Å². The number of nitrogens with zero attached hydrogens (tertiary/aromatic N) is 1. The number of nitro benzene ring substituents is 1. The fraction of sp³-hybridized carbons (Fsp3) is 0.188. The van der Waals surface area contributed by atoms with Gasteiger partial charge in [-0.25, -0.2) is 9.18 Å². The Labute approximate surface area is 137 Å². The van der Waals surface area contributed by atoms with Crippen LogP contribution < -0.4 is 10.6 Å². The van der Waals surface area contributed by atoms with Crippen LogP contribution in [0.3, 0.4) is 0 Å². The van der Waals surface area contributed by atoms with E-state index in [1.54, 1.807) is 6.92 Å². The molecular formula is C16H16FN3O4. The van der Waals surface area contributed by atoms with Crippen molar-refractivity contribution in [1.29, 1.82) is 0 Å². The van der Waals surface area contributed by atoms with Crippen molar-refractivity contribution in [3.8, 4) is 0 Å². The third-order valence-corrected chi connectivity index (χ3v) is 3.38. The Balaban J connectivity index is 1.96. The van der Waals surface area contributed by atoms with Crippen LogP contribution in [-0.2, 0) is 13.2 Å². The molecule has 0 bridgehead atoms. The van der Waals surface area contributed by atoms with E-state index in [0.29, 0.717) is 16.8 Å². The molecule has 0 saturated heterocycles. The molecule has 2 aromatic carbocycles. The van der Waals surface area contributed by atoms with Gasteiger partial charge in [-0.05, 0) is 36.8 Å². The summed E-state index contributed by atoms with van der Waals surface area (Å²) < 4.78 is 13.3. The summed E-state index contributed by atoms with van der Waals surface area (Å²) in [5.41, 5.74) is 1.62. The second kappa shape index (κ2) is 7.51. The molecule has 24 heavy (non-hydrogen) atoms. The Morgan fingerprint density at radius 3 is 2.67 bits per heavy atom. The molecule has 2 aromatic rings. The van der Waals surface area contributed by atoms with E-state index in [1.807, 2.05) is 0 Å². The fourth-order valence-electron chi connectivity index (χ4n) is 2.15. The molecule has 126 valence electrons. The van der Waals surface area contributed by atoms with Crippen LogP contribution in [0.1, 0.15) is 16.7 Å². The number of halogens is 1. The standard InChI is InChI=1S/C16H16FN3O4/c1-10-6-13(3-5-15(10)20(23)24)19-16(22)18-8-11-2-4-14(17)12(7-11)9-21/h2-7,21H,8-9H2,1H3,(H2,18,19,22). The smallest absolute Gasteiger partial charge is 0.319 e. The van der Waals surface area contributed by atoms with Crippen molar-refractivity contribution in [3.05, 3.63) is 69.0 Å². The molecular weight excluding hydrogens is 317 g/mol. The van der Waals surface area contributed by atoms with Gasteiger partial charge in [0.05, 0.1) is 11.5 Å². The number of amides is 2. The number of aliphatic hydroxyl groups is 1. The Hall–Kier alpha value is -3.00. The van der Waals surface area contributed by atoms with E-state index in [4.69, 9.17) is 5.11 Å². The molecule has 0 aromatic heterocycles. The van der Waals surface area contributed by atoms with Crippen molar-refractivity contribution in [3.63, 3.8) is 0 Å². The molecule has 0 aliphatic rings. The summed E-state index contributed by atoms with van der Waals surface area (Å²) in [7, 11) is 0. The van der Waals surface area contributed by atoms with Crippen LogP contribution >= 0.6 is 0 Å². The molecule has 7 nitrogen and oxygen atoms in total. The minimum absolute atomic E-state index is 0.0243. The van der Waals surface area contributed by atoms with Gasteiger partial charge in [-0.15, -0.1) is 0 Å². The highest BCUT2D eigenvalue weighted by atomic mass is 19.1. The number of benzene rings is 2. The Morgan fingerprint density at radius 1 is 1.29 bits per heavy atom. The minimum Gasteiger partial charge on any atom is -0.392 e. The predicted molar refractivity (Wildman–Crippen MR) is 86.0 cm³/mol. The number of nitro groups is 1. The number of rotatable bonds is 5. The van der Waals surface area contributed by atoms with Crippen LogP contribution in [0, 0.1) is 22.9 Å². The summed E-state index contributed by atoms with van der Waals surface area (Å²) >= 11 is 0. The van der Waals surface area contributed by atoms with Gasteiger partial charge < -0.3 is 15.7 Å². The number of carbonyl (C=O) groups is 1. The van der Waals surface area contributed by atoms with Crippen LogP contribution in [0.25, 0.3) is 0 Å². The molecule has 0 radical (unpaired) electrons. The van der Waals surface area contributed by atoms with Crippen LogP contribution in [0.2, 0.25) is 0 Å². The zero-order valence-electron chi connectivity index (χ0n) is 12.9. The number of nitrogens with one attached hydrogen (secondary N) is 2. The van der Waals surface area contributed by atoms with Crippen molar-refractivity contribution < 1.29 is 19.2 Å². The van der Waals surface area contributed by atoms with E-state index in [2.05, 4.69) is 10.6 Å². The molecule has 8 heteroatoms. The van der Waals surface area contributed by atoms with E-state index < -0.39 is 23.4 Å². The second-order valence-corrected chi connectivity index (χ2v) is 5.15. The summed E-state index contributed by atoms with van der Waals surface area (Å²) in [6.07, 6.45) is 0. The number of aliphatic hydroxyl groups excluding tert-OH is 1. The third-order valence-electron chi connectivity index (χ3n) is 3.38. The van der Waals surface area contributed by atoms with Gasteiger partial charge in [0.2, 0.25) is 0 Å². The number of carbonyl (C=O) groups excluding carboxylic acids is 1. The maximum absolute atomic E-state index is 13.3. The van der Waals surface area contributed by atoms with Crippen molar-refractivity contribution in [1.82, 2.24) is 5.32 Å². The fourth-order valence-corrected chi connectivity index (χ4v) is 2.15. The first-order valence-corrected chi connectivity index (χ1v) is 7.08. The lowest BCUT2D eigenvalue weighted by molar-refractivity contribution is -0.385. The summed E-state index contributed by atoms with van der Waals surface area (Å²) in [4.78, 5) is 22.1. The molecule has 0 aliphatic heterocycles. The number of urea groups is 1. The van der Waals surface area contributed by atoms with Gasteiger partial charge in [0, 0.05) is 29.4 Å². The molecule has 0 fully saturated rings. The number of hydrogen-bond acceptors (Lipinski definition) is 4. The molecule has 0 heterocycles. The summed E-state index contributed by atoms with van der Waals surface area (Å²) in [6, 6.07) is 7.94. The van der Waals surface area contributed by atoms with Gasteiger partial charge in [0.1, 0.15) is 5.82 Å². The highest BCUT2D eigenvalue weighted by molar-refractivity contribution is 5.89. The van der Waals surface area contributed by atoms with Gasteiger partial charge in [0.25, 0.3) is 5.69 Å². The lowest BCUT2D eigenvalue weighted by Crippen LogP contribution is -2.28. The first kappa shape index (κ1) is 17.4. The number of hydrogen-bond donors (Lipinski definition) is 3. The highest BCUT2D eigenvalue weighted by Gasteiger charge is 2.11. The lowest BCUT2D eigenvalue weighted by atomic mass is 10.1. The molecule has 0 atom stereocenters. The van der Waals surface area contributed by atoms with E-state index in [-0.39, 0.29) is 17.8 Å². The maximum Gasteiger partial charge on any atom is 0.319 e. The van der Waals surface area contributed by atoms with Crippen molar-refractivity contribution in [2.45, 2.75) is 20.1 Å². The van der Waals surface area contributed by atoms with Crippen LogP contribution in [0.4, 0.5) is 20.6 Å². The van der Waals surface area contributed by atoms with Gasteiger partial charge in [-0.2, -0.15) is 0 Å². The molecule has 3 N–H and O–H groups in total. The minimum atomic E-state index is -0.507. The topological polar surface area (TPSA) is 104 Å². The molecule has 0 spiro atoms. The maximum atomic E-state index is 13.3. The predicted octanol–water partition coefficient (Wildman–Crippen LogP) is 2.86. The first-order valence-electron chi connectivity index (χ1n) is 7.08. The Kier molecular flexibility index (Phi) is 5.43. The second-order valence-electron chi connectivity index (χ2n) is 5.15. The third kappa shape index (κ3) is 4.26. The van der Waals surface area contributed by atoms with Gasteiger partial charge in [-0.1, -0.05) is 6.07 Å². The van der Waals surface area contributed by atoms with Gasteiger partial charge in [0.15, 0.2) is 0 Å². The van der Waals surface area contributed by atoms with Crippen LogP contribution in [-0.4, -0.2) is 16.1 Å². The van der Waals surface area contributed by atoms with E-state index in [9.17, 15) is 19.3 Å². The quantitative estimate of drug-likeness (QED) is 0.578.